The number of carbonyl (C=O) groups excluding carboxylic acids is 1. The van der Waals surface area contributed by atoms with Crippen LogP contribution in [0.5, 0.6) is 0 Å². The maximum Gasteiger partial charge on any atom is 0.158 e. The van der Waals surface area contributed by atoms with Crippen LogP contribution in [-0.2, 0) is 4.79 Å². The van der Waals surface area contributed by atoms with Gasteiger partial charge in [-0.25, -0.2) is 0 Å². The fourth-order valence-corrected chi connectivity index (χ4v) is 0.484. The van der Waals surface area contributed by atoms with E-state index in [2.05, 4.69) is 5.32 Å². The van der Waals surface area contributed by atoms with Crippen molar-refractivity contribution in [3.63, 3.8) is 0 Å². The van der Waals surface area contributed by atoms with Crippen LogP contribution in [0.25, 0.3) is 0 Å². The Morgan fingerprint density at radius 3 is 2.67 bits per heavy atom. The molecule has 0 aromatic rings. The molecule has 0 saturated heterocycles. The molecule has 0 aliphatic carbocycles. The molecule has 0 saturated carbocycles. The van der Waals surface area contributed by atoms with Crippen molar-refractivity contribution in [2.75, 3.05) is 13.6 Å². The highest BCUT2D eigenvalue weighted by Gasteiger charge is 2.06. The Morgan fingerprint density at radius 2 is 2.33 bits per heavy atom. The Hall–Kier alpha value is -0.410. The summed E-state index contributed by atoms with van der Waals surface area (Å²) >= 11 is 0. The number of aliphatic hydroxyl groups excluding tert-OH is 1. The average molecular weight is 131 g/mol. The zero-order valence-electron chi connectivity index (χ0n) is 5.85. The molecule has 0 aromatic carbocycles. The minimum atomic E-state index is -0.780. The van der Waals surface area contributed by atoms with Crippen LogP contribution in [0.15, 0.2) is 0 Å². The zero-order chi connectivity index (χ0) is 7.28. The molecule has 0 amide bonds. The van der Waals surface area contributed by atoms with E-state index in [1.54, 1.807) is 7.05 Å². The first kappa shape index (κ1) is 8.59. The topological polar surface area (TPSA) is 49.3 Å². The summed E-state index contributed by atoms with van der Waals surface area (Å²) < 4.78 is 0. The van der Waals surface area contributed by atoms with Gasteiger partial charge in [0, 0.05) is 0 Å². The molecule has 0 aromatic heterocycles. The summed E-state index contributed by atoms with van der Waals surface area (Å²) in [5.41, 5.74) is 0. The monoisotopic (exact) mass is 131 g/mol. The number of aliphatic hydroxyl groups is 1. The van der Waals surface area contributed by atoms with Crippen molar-refractivity contribution >= 4 is 5.78 Å². The Kier molecular flexibility index (Phi) is 4.26. The van der Waals surface area contributed by atoms with E-state index in [0.29, 0.717) is 13.0 Å². The number of ketones is 1. The lowest BCUT2D eigenvalue weighted by atomic mass is 10.2. The summed E-state index contributed by atoms with van der Waals surface area (Å²) in [6.45, 7) is 2.07. The van der Waals surface area contributed by atoms with E-state index in [4.69, 9.17) is 5.11 Å². The molecule has 0 rings (SSSR count). The van der Waals surface area contributed by atoms with Crippen LogP contribution in [0, 0.1) is 0 Å². The predicted octanol–water partition coefficient (Wildman–Crippen LogP) is -0.454. The van der Waals surface area contributed by atoms with Crippen molar-refractivity contribution in [2.24, 2.45) is 0 Å². The van der Waals surface area contributed by atoms with Crippen molar-refractivity contribution in [1.82, 2.24) is 5.32 Å². The third-order valence-corrected chi connectivity index (χ3v) is 1.14. The lowest BCUT2D eigenvalue weighted by molar-refractivity contribution is -0.125. The van der Waals surface area contributed by atoms with Gasteiger partial charge in [0.05, 0.1) is 0 Å². The van der Waals surface area contributed by atoms with Gasteiger partial charge in [-0.2, -0.15) is 0 Å². The Balaban J connectivity index is 3.27. The predicted molar refractivity (Wildman–Crippen MR) is 35.2 cm³/mol. The summed E-state index contributed by atoms with van der Waals surface area (Å²) in [5, 5.41) is 11.7. The van der Waals surface area contributed by atoms with Crippen LogP contribution >= 0.6 is 0 Å². The molecule has 0 bridgehead atoms. The van der Waals surface area contributed by atoms with Crippen molar-refractivity contribution in [3.8, 4) is 0 Å². The van der Waals surface area contributed by atoms with Crippen LogP contribution in [0.3, 0.4) is 0 Å². The van der Waals surface area contributed by atoms with E-state index in [9.17, 15) is 4.79 Å². The second kappa shape index (κ2) is 4.47. The lowest BCUT2D eigenvalue weighted by Gasteiger charge is -2.03. The fraction of sp³-hybridized carbons (Fsp3) is 0.833. The molecule has 54 valence electrons. The van der Waals surface area contributed by atoms with Gasteiger partial charge in [0.1, 0.15) is 6.10 Å². The van der Waals surface area contributed by atoms with Gasteiger partial charge in [-0.1, -0.05) is 0 Å². The quantitative estimate of drug-likeness (QED) is 0.543. The highest BCUT2D eigenvalue weighted by Crippen LogP contribution is 1.89. The van der Waals surface area contributed by atoms with Gasteiger partial charge in [0.2, 0.25) is 0 Å². The van der Waals surface area contributed by atoms with Crippen molar-refractivity contribution in [3.05, 3.63) is 0 Å². The first-order valence-corrected chi connectivity index (χ1v) is 3.01. The van der Waals surface area contributed by atoms with Gasteiger partial charge in [-0.15, -0.1) is 0 Å². The molecule has 0 aliphatic heterocycles. The van der Waals surface area contributed by atoms with Gasteiger partial charge in [-0.05, 0) is 26.9 Å². The maximum absolute atomic E-state index is 10.4. The number of hydrogen-bond acceptors (Lipinski definition) is 3. The molecular formula is C6H13NO2. The molecule has 3 heteroatoms. The third-order valence-electron chi connectivity index (χ3n) is 1.14. The van der Waals surface area contributed by atoms with Gasteiger partial charge in [0.15, 0.2) is 5.78 Å². The summed E-state index contributed by atoms with van der Waals surface area (Å²) in [5.74, 6) is -0.162. The van der Waals surface area contributed by atoms with Crippen LogP contribution < -0.4 is 5.32 Å². The number of rotatable bonds is 4. The molecule has 0 heterocycles. The number of Topliss-reactive ketones (excluding diaryl/α,β-unsaturated/α-hetero) is 1. The standard InChI is InChI=1S/C6H13NO2/c1-5(8)6(9)3-4-7-2/h6-7,9H,3-4H2,1-2H3. The fourth-order valence-electron chi connectivity index (χ4n) is 0.484. The Labute approximate surface area is 55.1 Å². The maximum atomic E-state index is 10.4. The molecule has 9 heavy (non-hydrogen) atoms. The average Bonchev–Trinajstić information content (AvgIpc) is 1.82. The van der Waals surface area contributed by atoms with Gasteiger partial charge in [-0.3, -0.25) is 4.79 Å². The van der Waals surface area contributed by atoms with Gasteiger partial charge in [0.25, 0.3) is 0 Å². The van der Waals surface area contributed by atoms with Crippen LogP contribution in [0.4, 0.5) is 0 Å². The smallest absolute Gasteiger partial charge is 0.158 e. The molecular weight excluding hydrogens is 118 g/mol. The van der Waals surface area contributed by atoms with Crippen LogP contribution in [-0.4, -0.2) is 30.6 Å². The molecule has 0 radical (unpaired) electrons. The number of nitrogens with one attached hydrogen (secondary N) is 1. The van der Waals surface area contributed by atoms with Gasteiger partial charge < -0.3 is 10.4 Å². The van der Waals surface area contributed by atoms with Crippen molar-refractivity contribution in [2.45, 2.75) is 19.4 Å². The van der Waals surface area contributed by atoms with E-state index in [1.807, 2.05) is 0 Å². The zero-order valence-corrected chi connectivity index (χ0v) is 5.85. The number of carbonyl (C=O) groups is 1. The lowest BCUT2D eigenvalue weighted by Crippen LogP contribution is -2.22. The highest BCUT2D eigenvalue weighted by molar-refractivity contribution is 5.80. The summed E-state index contributed by atoms with van der Waals surface area (Å²) in [6, 6.07) is 0. The van der Waals surface area contributed by atoms with Crippen LogP contribution in [0.1, 0.15) is 13.3 Å². The molecule has 0 spiro atoms. The first-order chi connectivity index (χ1) is 4.18. The summed E-state index contributed by atoms with van der Waals surface area (Å²) in [7, 11) is 1.78. The van der Waals surface area contributed by atoms with E-state index >= 15 is 0 Å². The normalized spacial score (nSPS) is 13.2. The van der Waals surface area contributed by atoms with Gasteiger partial charge >= 0.3 is 0 Å². The van der Waals surface area contributed by atoms with E-state index in [1.165, 1.54) is 6.92 Å². The highest BCUT2D eigenvalue weighted by atomic mass is 16.3. The minimum absolute atomic E-state index is 0.162. The molecule has 2 N–H and O–H groups in total. The summed E-state index contributed by atoms with van der Waals surface area (Å²) in [4.78, 5) is 10.4. The minimum Gasteiger partial charge on any atom is -0.385 e. The SMILES string of the molecule is CNCCC(O)C(C)=O. The molecule has 3 nitrogen and oxygen atoms in total. The molecule has 0 fully saturated rings. The molecule has 0 aliphatic rings. The number of hydrogen-bond donors (Lipinski definition) is 2. The van der Waals surface area contributed by atoms with E-state index in [0.717, 1.165) is 0 Å². The molecule has 1 unspecified atom stereocenters. The molecule has 1 atom stereocenters. The van der Waals surface area contributed by atoms with Crippen molar-refractivity contribution in [1.29, 1.82) is 0 Å². The Bertz CT molecular complexity index is 93.1. The van der Waals surface area contributed by atoms with E-state index < -0.39 is 6.10 Å². The largest absolute Gasteiger partial charge is 0.385 e. The van der Waals surface area contributed by atoms with Crippen LogP contribution in [0.2, 0.25) is 0 Å². The second-order valence-electron chi connectivity index (χ2n) is 2.02. The first-order valence-electron chi connectivity index (χ1n) is 3.01. The summed E-state index contributed by atoms with van der Waals surface area (Å²) in [6.07, 6.45) is -0.274. The van der Waals surface area contributed by atoms with Crippen molar-refractivity contribution < 1.29 is 9.90 Å². The second-order valence-corrected chi connectivity index (χ2v) is 2.02. The third kappa shape index (κ3) is 4.12. The Morgan fingerprint density at radius 1 is 1.78 bits per heavy atom. The van der Waals surface area contributed by atoms with E-state index in [-0.39, 0.29) is 5.78 Å².